The van der Waals surface area contributed by atoms with Crippen LogP contribution < -0.4 is 15.4 Å². The summed E-state index contributed by atoms with van der Waals surface area (Å²) in [5.74, 6) is 0.538. The minimum absolute atomic E-state index is 0.371. The Hall–Kier alpha value is -2.98. The number of hydrogen-bond donors (Lipinski definition) is 2. The van der Waals surface area contributed by atoms with Crippen LogP contribution in [0.4, 0.5) is 16.2 Å². The van der Waals surface area contributed by atoms with Crippen LogP contribution in [-0.4, -0.2) is 13.1 Å². The van der Waals surface area contributed by atoms with Crippen molar-refractivity contribution in [1.29, 1.82) is 0 Å². The predicted molar refractivity (Wildman–Crippen MR) is 103 cm³/mol. The fourth-order valence-corrected chi connectivity index (χ4v) is 2.69. The SMILES string of the molecule is COc1ccc(Cl)cc1NC(=O)Nc1ccccc1-c1ccccc1. The quantitative estimate of drug-likeness (QED) is 0.636. The third kappa shape index (κ3) is 4.11. The van der Waals surface area contributed by atoms with Gasteiger partial charge in [0.25, 0.3) is 0 Å². The van der Waals surface area contributed by atoms with Crippen LogP contribution in [0, 0.1) is 0 Å². The summed E-state index contributed by atoms with van der Waals surface area (Å²) in [4.78, 5) is 12.4. The van der Waals surface area contributed by atoms with E-state index in [-0.39, 0.29) is 6.03 Å². The largest absolute Gasteiger partial charge is 0.495 e. The molecular formula is C20H17ClN2O2. The lowest BCUT2D eigenvalue weighted by molar-refractivity contribution is 0.262. The van der Waals surface area contributed by atoms with Gasteiger partial charge < -0.3 is 15.4 Å². The normalized spacial score (nSPS) is 10.2. The predicted octanol–water partition coefficient (Wildman–Crippen LogP) is 5.66. The maximum absolute atomic E-state index is 12.4. The number of urea groups is 1. The molecule has 3 aromatic rings. The first-order valence-corrected chi connectivity index (χ1v) is 8.11. The number of para-hydroxylation sites is 1. The highest BCUT2D eigenvalue weighted by Gasteiger charge is 2.11. The molecular weight excluding hydrogens is 336 g/mol. The van der Waals surface area contributed by atoms with Crippen molar-refractivity contribution >= 4 is 29.0 Å². The number of methoxy groups -OCH3 is 1. The molecule has 2 N–H and O–H groups in total. The van der Waals surface area contributed by atoms with Gasteiger partial charge in [-0.3, -0.25) is 0 Å². The van der Waals surface area contributed by atoms with Crippen LogP contribution in [0.25, 0.3) is 11.1 Å². The first-order valence-electron chi connectivity index (χ1n) is 7.73. The number of anilines is 2. The maximum atomic E-state index is 12.4. The Balaban J connectivity index is 1.82. The molecule has 0 heterocycles. The third-order valence-corrected chi connectivity index (χ3v) is 3.90. The zero-order chi connectivity index (χ0) is 17.6. The summed E-state index contributed by atoms with van der Waals surface area (Å²) >= 11 is 6.00. The monoisotopic (exact) mass is 352 g/mol. The second-order valence-electron chi connectivity index (χ2n) is 5.34. The van der Waals surface area contributed by atoms with Crippen molar-refractivity contribution in [3.63, 3.8) is 0 Å². The average Bonchev–Trinajstić information content (AvgIpc) is 2.63. The highest BCUT2D eigenvalue weighted by Crippen LogP contribution is 2.30. The molecule has 0 saturated heterocycles. The molecule has 4 nitrogen and oxygen atoms in total. The molecule has 5 heteroatoms. The lowest BCUT2D eigenvalue weighted by Crippen LogP contribution is -2.20. The molecule has 0 aliphatic rings. The summed E-state index contributed by atoms with van der Waals surface area (Å²) in [6, 6.07) is 22.2. The van der Waals surface area contributed by atoms with Gasteiger partial charge >= 0.3 is 6.03 Å². The van der Waals surface area contributed by atoms with E-state index >= 15 is 0 Å². The first-order chi connectivity index (χ1) is 12.2. The molecule has 0 atom stereocenters. The van der Waals surface area contributed by atoms with Crippen molar-refractivity contribution in [3.05, 3.63) is 77.8 Å². The van der Waals surface area contributed by atoms with Crippen LogP contribution in [0.5, 0.6) is 5.75 Å². The molecule has 25 heavy (non-hydrogen) atoms. The van der Waals surface area contributed by atoms with Gasteiger partial charge in [0.1, 0.15) is 5.75 Å². The fraction of sp³-hybridized carbons (Fsp3) is 0.0500. The molecule has 0 saturated carbocycles. The molecule has 126 valence electrons. The van der Waals surface area contributed by atoms with Crippen molar-refractivity contribution in [3.8, 4) is 16.9 Å². The molecule has 0 aromatic heterocycles. The van der Waals surface area contributed by atoms with Crippen LogP contribution in [0.3, 0.4) is 0 Å². The summed E-state index contributed by atoms with van der Waals surface area (Å²) in [6.07, 6.45) is 0. The average molecular weight is 353 g/mol. The summed E-state index contributed by atoms with van der Waals surface area (Å²) in [6.45, 7) is 0. The highest BCUT2D eigenvalue weighted by molar-refractivity contribution is 6.31. The van der Waals surface area contributed by atoms with Gasteiger partial charge in [-0.2, -0.15) is 0 Å². The van der Waals surface area contributed by atoms with Crippen molar-refractivity contribution in [1.82, 2.24) is 0 Å². The summed E-state index contributed by atoms with van der Waals surface area (Å²) < 4.78 is 5.24. The van der Waals surface area contributed by atoms with E-state index in [0.717, 1.165) is 11.1 Å². The van der Waals surface area contributed by atoms with E-state index in [1.165, 1.54) is 7.11 Å². The van der Waals surface area contributed by atoms with E-state index in [2.05, 4.69) is 10.6 Å². The molecule has 2 amide bonds. The van der Waals surface area contributed by atoms with Crippen LogP contribution >= 0.6 is 11.6 Å². The van der Waals surface area contributed by atoms with E-state index < -0.39 is 0 Å². The van der Waals surface area contributed by atoms with E-state index in [1.807, 2.05) is 54.6 Å². The first kappa shape index (κ1) is 16.9. The number of ether oxygens (including phenoxy) is 1. The number of carbonyl (C=O) groups excluding carboxylic acids is 1. The summed E-state index contributed by atoms with van der Waals surface area (Å²) in [5.41, 5.74) is 3.19. The molecule has 0 unspecified atom stereocenters. The van der Waals surface area contributed by atoms with Crippen LogP contribution in [0.15, 0.2) is 72.8 Å². The van der Waals surface area contributed by atoms with Gasteiger partial charge in [-0.25, -0.2) is 4.79 Å². The molecule has 0 aliphatic heterocycles. The van der Waals surface area contributed by atoms with Gasteiger partial charge in [0, 0.05) is 10.6 Å². The number of nitrogens with one attached hydrogen (secondary N) is 2. The molecule has 0 spiro atoms. The topological polar surface area (TPSA) is 50.4 Å². The molecule has 0 radical (unpaired) electrons. The standard InChI is InChI=1S/C20H17ClN2O2/c1-25-19-12-11-15(21)13-18(19)23-20(24)22-17-10-6-5-9-16(17)14-7-3-2-4-8-14/h2-13H,1H3,(H2,22,23,24). The van der Waals surface area contributed by atoms with Gasteiger partial charge in [-0.1, -0.05) is 60.1 Å². The van der Waals surface area contributed by atoms with E-state index in [4.69, 9.17) is 16.3 Å². The van der Waals surface area contributed by atoms with Gasteiger partial charge in [0.2, 0.25) is 0 Å². The van der Waals surface area contributed by atoms with Crippen LogP contribution in [0.2, 0.25) is 5.02 Å². The molecule has 0 aliphatic carbocycles. The van der Waals surface area contributed by atoms with Gasteiger partial charge in [-0.05, 0) is 29.8 Å². The lowest BCUT2D eigenvalue weighted by Gasteiger charge is -2.14. The van der Waals surface area contributed by atoms with Crippen molar-refractivity contribution in [2.75, 3.05) is 17.7 Å². The van der Waals surface area contributed by atoms with Gasteiger partial charge in [0.05, 0.1) is 18.5 Å². The van der Waals surface area contributed by atoms with Crippen LogP contribution in [-0.2, 0) is 0 Å². The Bertz CT molecular complexity index is 882. The van der Waals surface area contributed by atoms with Crippen molar-refractivity contribution in [2.24, 2.45) is 0 Å². The van der Waals surface area contributed by atoms with Crippen molar-refractivity contribution < 1.29 is 9.53 Å². The van der Waals surface area contributed by atoms with Crippen LogP contribution in [0.1, 0.15) is 0 Å². The fourth-order valence-electron chi connectivity index (χ4n) is 2.52. The van der Waals surface area contributed by atoms with E-state index in [9.17, 15) is 4.79 Å². The lowest BCUT2D eigenvalue weighted by atomic mass is 10.0. The smallest absolute Gasteiger partial charge is 0.323 e. The Kier molecular flexibility index (Phi) is 5.21. The summed E-state index contributed by atoms with van der Waals surface area (Å²) in [5, 5.41) is 6.16. The Morgan fingerprint density at radius 2 is 1.56 bits per heavy atom. The maximum Gasteiger partial charge on any atom is 0.323 e. The number of benzene rings is 3. The van der Waals surface area contributed by atoms with E-state index in [0.29, 0.717) is 22.1 Å². The Morgan fingerprint density at radius 3 is 2.32 bits per heavy atom. The number of hydrogen-bond acceptors (Lipinski definition) is 2. The Labute approximate surface area is 151 Å². The zero-order valence-corrected chi connectivity index (χ0v) is 14.4. The Morgan fingerprint density at radius 1 is 0.880 bits per heavy atom. The zero-order valence-electron chi connectivity index (χ0n) is 13.6. The molecule has 3 aromatic carbocycles. The molecule has 3 rings (SSSR count). The minimum atomic E-state index is -0.371. The minimum Gasteiger partial charge on any atom is -0.495 e. The number of amides is 2. The van der Waals surface area contributed by atoms with Crippen molar-refractivity contribution in [2.45, 2.75) is 0 Å². The summed E-state index contributed by atoms with van der Waals surface area (Å²) in [7, 11) is 1.54. The number of rotatable bonds is 4. The molecule has 0 fully saturated rings. The van der Waals surface area contributed by atoms with E-state index in [1.54, 1.807) is 18.2 Å². The highest BCUT2D eigenvalue weighted by atomic mass is 35.5. The number of carbonyl (C=O) groups is 1. The van der Waals surface area contributed by atoms with Gasteiger partial charge in [-0.15, -0.1) is 0 Å². The molecule has 0 bridgehead atoms. The second-order valence-corrected chi connectivity index (χ2v) is 5.77. The third-order valence-electron chi connectivity index (χ3n) is 3.67. The number of halogens is 1. The second kappa shape index (κ2) is 7.73. The van der Waals surface area contributed by atoms with Gasteiger partial charge in [0.15, 0.2) is 0 Å².